The van der Waals surface area contributed by atoms with E-state index in [4.69, 9.17) is 10.1 Å². The van der Waals surface area contributed by atoms with E-state index in [1.165, 1.54) is 5.56 Å². The topological polar surface area (TPSA) is 76.3 Å². The van der Waals surface area contributed by atoms with Crippen molar-refractivity contribution in [2.45, 2.75) is 44.2 Å². The average Bonchev–Trinajstić information content (AvgIpc) is 3.26. The summed E-state index contributed by atoms with van der Waals surface area (Å²) in [6.45, 7) is 5.00. The molecule has 0 radical (unpaired) electrons. The summed E-state index contributed by atoms with van der Waals surface area (Å²) in [4.78, 5) is 7.28. The third kappa shape index (κ3) is 3.70. The lowest BCUT2D eigenvalue weighted by atomic mass is 10.1. The van der Waals surface area contributed by atoms with Gasteiger partial charge < -0.3 is 4.90 Å². The predicted molar refractivity (Wildman–Crippen MR) is 114 cm³/mol. The molecule has 146 valence electrons. The number of hydrogen-bond donors (Lipinski definition) is 1. The largest absolute Gasteiger partial charge is 0.362 e. The molecule has 3 aromatic rings. The summed E-state index contributed by atoms with van der Waals surface area (Å²) in [5, 5.41) is 8.40. The van der Waals surface area contributed by atoms with E-state index in [1.807, 2.05) is 6.07 Å². The van der Waals surface area contributed by atoms with Crippen LogP contribution in [-0.4, -0.2) is 19.4 Å². The molecule has 5 nitrogen and oxygen atoms in total. The number of primary sulfonamides is 1. The fourth-order valence-corrected chi connectivity index (χ4v) is 5.04. The quantitative estimate of drug-likeness (QED) is 0.687. The van der Waals surface area contributed by atoms with Crippen LogP contribution in [0.1, 0.15) is 30.7 Å². The fraction of sp³-hybridized carbons (Fsp3) is 0.286. The first kappa shape index (κ1) is 19.1. The van der Waals surface area contributed by atoms with Gasteiger partial charge in [0.2, 0.25) is 10.0 Å². The SMILES string of the molecule is CCc1ccc(-c2nc(CN3c4ccc(S(N)(=O)=O)cc4C[C@H]3C)cs2)cc1. The molecule has 0 unspecified atom stereocenters. The summed E-state index contributed by atoms with van der Waals surface area (Å²) < 4.78 is 23.2. The van der Waals surface area contributed by atoms with Crippen LogP contribution in [0.4, 0.5) is 5.69 Å². The Balaban J connectivity index is 1.56. The number of thiazole rings is 1. The van der Waals surface area contributed by atoms with E-state index in [0.29, 0.717) is 6.54 Å². The predicted octanol–water partition coefficient (Wildman–Crippen LogP) is 3.97. The maximum absolute atomic E-state index is 11.6. The van der Waals surface area contributed by atoms with E-state index in [0.717, 1.165) is 40.4 Å². The molecular formula is C21H23N3O2S2. The lowest BCUT2D eigenvalue weighted by molar-refractivity contribution is 0.597. The van der Waals surface area contributed by atoms with Crippen LogP contribution in [0.5, 0.6) is 0 Å². The molecule has 0 saturated carbocycles. The van der Waals surface area contributed by atoms with E-state index in [9.17, 15) is 8.42 Å². The van der Waals surface area contributed by atoms with E-state index in [1.54, 1.807) is 23.5 Å². The summed E-state index contributed by atoms with van der Waals surface area (Å²) in [5.41, 5.74) is 5.56. The molecule has 1 aliphatic rings. The van der Waals surface area contributed by atoms with E-state index < -0.39 is 10.0 Å². The van der Waals surface area contributed by atoms with Gasteiger partial charge in [0.05, 0.1) is 17.1 Å². The second-order valence-corrected chi connectivity index (χ2v) is 9.63. The van der Waals surface area contributed by atoms with Crippen molar-refractivity contribution < 1.29 is 8.42 Å². The number of hydrogen-bond acceptors (Lipinski definition) is 5. The van der Waals surface area contributed by atoms with Crippen LogP contribution in [0.2, 0.25) is 0 Å². The monoisotopic (exact) mass is 413 g/mol. The number of benzene rings is 2. The molecule has 28 heavy (non-hydrogen) atoms. The molecule has 7 heteroatoms. The zero-order valence-corrected chi connectivity index (χ0v) is 17.6. The van der Waals surface area contributed by atoms with E-state index in [2.05, 4.69) is 48.4 Å². The normalized spacial score (nSPS) is 16.4. The van der Waals surface area contributed by atoms with Gasteiger partial charge in [-0.1, -0.05) is 31.2 Å². The third-order valence-electron chi connectivity index (χ3n) is 5.23. The Labute approximate surface area is 169 Å². The van der Waals surface area contributed by atoms with Crippen molar-refractivity contribution >= 4 is 27.0 Å². The summed E-state index contributed by atoms with van der Waals surface area (Å²) in [5.74, 6) is 0. The highest BCUT2D eigenvalue weighted by Crippen LogP contribution is 2.35. The van der Waals surface area contributed by atoms with Gasteiger partial charge in [0, 0.05) is 22.7 Å². The smallest absolute Gasteiger partial charge is 0.238 e. The molecule has 0 fully saturated rings. The van der Waals surface area contributed by atoms with Crippen molar-refractivity contribution in [2.75, 3.05) is 4.90 Å². The van der Waals surface area contributed by atoms with E-state index >= 15 is 0 Å². The number of fused-ring (bicyclic) bond motifs is 1. The van der Waals surface area contributed by atoms with Gasteiger partial charge in [-0.2, -0.15) is 0 Å². The number of aromatic nitrogens is 1. The van der Waals surface area contributed by atoms with E-state index in [-0.39, 0.29) is 10.9 Å². The highest BCUT2D eigenvalue weighted by atomic mass is 32.2. The van der Waals surface area contributed by atoms with Gasteiger partial charge in [-0.15, -0.1) is 11.3 Å². The highest BCUT2D eigenvalue weighted by molar-refractivity contribution is 7.89. The zero-order valence-electron chi connectivity index (χ0n) is 15.9. The molecule has 4 rings (SSSR count). The molecule has 2 N–H and O–H groups in total. The Morgan fingerprint density at radius 1 is 1.21 bits per heavy atom. The minimum atomic E-state index is -3.68. The molecular weight excluding hydrogens is 390 g/mol. The minimum Gasteiger partial charge on any atom is -0.362 e. The fourth-order valence-electron chi connectivity index (χ4n) is 3.66. The summed E-state index contributed by atoms with van der Waals surface area (Å²) in [6, 6.07) is 14.0. The number of anilines is 1. The summed E-state index contributed by atoms with van der Waals surface area (Å²) in [6.07, 6.45) is 1.83. The molecule has 0 amide bonds. The van der Waals surface area contributed by atoms with Crippen LogP contribution in [0, 0.1) is 0 Å². The standard InChI is InChI=1S/C21H23N3O2S2/c1-3-15-4-6-16(7-5-15)21-23-18(13-27-21)12-24-14(2)10-17-11-19(28(22,25)26)8-9-20(17)24/h4-9,11,13-14H,3,10,12H2,1-2H3,(H2,22,25,26)/t14-/m1/s1. The molecule has 0 spiro atoms. The maximum atomic E-state index is 11.6. The summed E-state index contributed by atoms with van der Waals surface area (Å²) >= 11 is 1.65. The van der Waals surface area contributed by atoms with Crippen molar-refractivity contribution in [3.63, 3.8) is 0 Å². The van der Waals surface area contributed by atoms with Crippen LogP contribution >= 0.6 is 11.3 Å². The molecule has 2 heterocycles. The van der Waals surface area contributed by atoms with Gasteiger partial charge in [-0.25, -0.2) is 18.5 Å². The second-order valence-electron chi connectivity index (χ2n) is 7.21. The number of rotatable bonds is 5. The van der Waals surface area contributed by atoms with Crippen molar-refractivity contribution in [3.8, 4) is 10.6 Å². The Morgan fingerprint density at radius 2 is 1.96 bits per heavy atom. The first-order valence-electron chi connectivity index (χ1n) is 9.31. The van der Waals surface area contributed by atoms with Crippen LogP contribution < -0.4 is 10.0 Å². The van der Waals surface area contributed by atoms with Crippen molar-refractivity contribution in [1.82, 2.24) is 4.98 Å². The zero-order chi connectivity index (χ0) is 19.9. The minimum absolute atomic E-state index is 0.173. The molecule has 1 atom stereocenters. The lowest BCUT2D eigenvalue weighted by Gasteiger charge is -2.24. The number of nitrogens with zero attached hydrogens (tertiary/aromatic N) is 2. The number of sulfonamides is 1. The number of nitrogens with two attached hydrogens (primary N) is 1. The van der Waals surface area contributed by atoms with Crippen LogP contribution in [-0.2, 0) is 29.4 Å². The van der Waals surface area contributed by atoms with Crippen molar-refractivity contribution in [2.24, 2.45) is 5.14 Å². The van der Waals surface area contributed by atoms with Gasteiger partial charge in [-0.05, 0) is 49.1 Å². The van der Waals surface area contributed by atoms with Crippen LogP contribution in [0.3, 0.4) is 0 Å². The van der Waals surface area contributed by atoms with Gasteiger partial charge in [0.25, 0.3) is 0 Å². The van der Waals surface area contributed by atoms with Crippen LogP contribution in [0.15, 0.2) is 52.7 Å². The molecule has 0 aliphatic carbocycles. The van der Waals surface area contributed by atoms with Gasteiger partial charge >= 0.3 is 0 Å². The molecule has 0 saturated heterocycles. The first-order chi connectivity index (χ1) is 13.3. The molecule has 2 aromatic carbocycles. The van der Waals surface area contributed by atoms with Gasteiger partial charge in [0.15, 0.2) is 0 Å². The van der Waals surface area contributed by atoms with Crippen molar-refractivity contribution in [1.29, 1.82) is 0 Å². The lowest BCUT2D eigenvalue weighted by Crippen LogP contribution is -2.28. The second kappa shape index (κ2) is 7.31. The maximum Gasteiger partial charge on any atom is 0.238 e. The Hall–Kier alpha value is -2.22. The highest BCUT2D eigenvalue weighted by Gasteiger charge is 2.28. The summed E-state index contributed by atoms with van der Waals surface area (Å²) in [7, 11) is -3.68. The molecule has 1 aliphatic heterocycles. The van der Waals surface area contributed by atoms with Crippen LogP contribution in [0.25, 0.3) is 10.6 Å². The van der Waals surface area contributed by atoms with Crippen molar-refractivity contribution in [3.05, 3.63) is 64.7 Å². The molecule has 0 bridgehead atoms. The van der Waals surface area contributed by atoms with Gasteiger partial charge in [-0.3, -0.25) is 0 Å². The number of aryl methyl sites for hydroxylation is 1. The van der Waals surface area contributed by atoms with Gasteiger partial charge in [0.1, 0.15) is 5.01 Å². The molecule has 1 aromatic heterocycles. The average molecular weight is 414 g/mol. The third-order valence-corrected chi connectivity index (χ3v) is 7.08. The Bertz CT molecular complexity index is 1100. The Morgan fingerprint density at radius 3 is 2.64 bits per heavy atom. The first-order valence-corrected chi connectivity index (χ1v) is 11.7. The Kier molecular flexibility index (Phi) is 4.99.